The molecule has 0 fully saturated rings. The first-order chi connectivity index (χ1) is 11.1. The van der Waals surface area contributed by atoms with Gasteiger partial charge in [-0.05, 0) is 12.5 Å². The van der Waals surface area contributed by atoms with Gasteiger partial charge in [0.1, 0.15) is 5.75 Å². The number of nitrogens with one attached hydrogen (secondary N) is 2. The molecule has 8 heteroatoms. The Balaban J connectivity index is 2.05. The van der Waals surface area contributed by atoms with Crippen molar-refractivity contribution in [2.45, 2.75) is 32.9 Å². The van der Waals surface area contributed by atoms with Crippen molar-refractivity contribution in [1.29, 1.82) is 0 Å². The standard InChI is InChI=1S/C15H21F2N3O3/c1-3-4-5-19-15(18-2)20-8-10-6-12-13(22-9-21-12)7-11(10)23-14(16)17/h6-7,14H,3-5,8-9H2,1-2H3,(H2,18,19,20). The van der Waals surface area contributed by atoms with E-state index in [1.807, 2.05) is 0 Å². The summed E-state index contributed by atoms with van der Waals surface area (Å²) in [6, 6.07) is 3.05. The summed E-state index contributed by atoms with van der Waals surface area (Å²) in [6.45, 7) is 0.317. The maximum Gasteiger partial charge on any atom is 0.387 e. The van der Waals surface area contributed by atoms with E-state index in [-0.39, 0.29) is 19.1 Å². The topological polar surface area (TPSA) is 64.1 Å². The highest BCUT2D eigenvalue weighted by Gasteiger charge is 2.20. The van der Waals surface area contributed by atoms with Crippen LogP contribution in [-0.4, -0.2) is 33.0 Å². The number of hydrogen-bond donors (Lipinski definition) is 2. The van der Waals surface area contributed by atoms with Crippen LogP contribution in [0.5, 0.6) is 17.2 Å². The summed E-state index contributed by atoms with van der Waals surface area (Å²) in [5.74, 6) is 1.56. The molecule has 128 valence electrons. The average molecular weight is 329 g/mol. The fourth-order valence-corrected chi connectivity index (χ4v) is 2.09. The summed E-state index contributed by atoms with van der Waals surface area (Å²) in [4.78, 5) is 4.09. The largest absolute Gasteiger partial charge is 0.454 e. The predicted octanol–water partition coefficient (Wildman–Crippen LogP) is 2.48. The zero-order chi connectivity index (χ0) is 16.7. The normalized spacial score (nSPS) is 13.3. The molecular formula is C15H21F2N3O3. The molecule has 0 unspecified atom stereocenters. The molecule has 1 heterocycles. The van der Waals surface area contributed by atoms with E-state index in [1.165, 1.54) is 6.07 Å². The molecule has 6 nitrogen and oxygen atoms in total. The Bertz CT molecular complexity index is 553. The van der Waals surface area contributed by atoms with E-state index in [4.69, 9.17) is 9.47 Å². The molecule has 2 N–H and O–H groups in total. The molecule has 1 aliphatic heterocycles. The van der Waals surface area contributed by atoms with Gasteiger partial charge in [-0.3, -0.25) is 4.99 Å². The second kappa shape index (κ2) is 8.40. The lowest BCUT2D eigenvalue weighted by atomic mass is 10.1. The van der Waals surface area contributed by atoms with Crippen molar-refractivity contribution >= 4 is 5.96 Å². The number of nitrogens with zero attached hydrogens (tertiary/aromatic N) is 1. The molecule has 2 rings (SSSR count). The first-order valence-electron chi connectivity index (χ1n) is 7.46. The van der Waals surface area contributed by atoms with Crippen LogP contribution in [0.3, 0.4) is 0 Å². The Labute approximate surface area is 133 Å². The van der Waals surface area contributed by atoms with Crippen LogP contribution in [-0.2, 0) is 6.54 Å². The molecule has 0 radical (unpaired) electrons. The van der Waals surface area contributed by atoms with Gasteiger partial charge >= 0.3 is 6.61 Å². The number of aliphatic imine (C=N–C) groups is 1. The molecule has 0 aromatic heterocycles. The maximum atomic E-state index is 12.6. The lowest BCUT2D eigenvalue weighted by Crippen LogP contribution is -2.37. The van der Waals surface area contributed by atoms with Gasteiger partial charge in [0.05, 0.1) is 0 Å². The van der Waals surface area contributed by atoms with Gasteiger partial charge in [0, 0.05) is 31.8 Å². The zero-order valence-corrected chi connectivity index (χ0v) is 13.2. The monoisotopic (exact) mass is 329 g/mol. The summed E-state index contributed by atoms with van der Waals surface area (Å²) in [5.41, 5.74) is 0.535. The summed E-state index contributed by atoms with van der Waals surface area (Å²) >= 11 is 0. The fraction of sp³-hybridized carbons (Fsp3) is 0.533. The number of rotatable bonds is 7. The Kier molecular flexibility index (Phi) is 6.25. The quantitative estimate of drug-likeness (QED) is 0.457. The summed E-state index contributed by atoms with van der Waals surface area (Å²) in [5, 5.41) is 6.21. The Morgan fingerprint density at radius 1 is 1.30 bits per heavy atom. The summed E-state index contributed by atoms with van der Waals surface area (Å²) < 4.78 is 40.2. The highest BCUT2D eigenvalue weighted by molar-refractivity contribution is 5.79. The first-order valence-corrected chi connectivity index (χ1v) is 7.46. The highest BCUT2D eigenvalue weighted by Crippen LogP contribution is 2.38. The van der Waals surface area contributed by atoms with Gasteiger partial charge in [0.25, 0.3) is 0 Å². The van der Waals surface area contributed by atoms with Crippen LogP contribution >= 0.6 is 0 Å². The van der Waals surface area contributed by atoms with Crippen molar-refractivity contribution in [3.8, 4) is 17.2 Å². The van der Waals surface area contributed by atoms with Crippen LogP contribution in [0.2, 0.25) is 0 Å². The third-order valence-electron chi connectivity index (χ3n) is 3.26. The van der Waals surface area contributed by atoms with Gasteiger partial charge in [-0.15, -0.1) is 0 Å². The van der Waals surface area contributed by atoms with E-state index >= 15 is 0 Å². The molecule has 0 saturated heterocycles. The third-order valence-corrected chi connectivity index (χ3v) is 3.26. The van der Waals surface area contributed by atoms with E-state index in [1.54, 1.807) is 13.1 Å². The number of benzene rings is 1. The van der Waals surface area contributed by atoms with Crippen LogP contribution in [0.25, 0.3) is 0 Å². The molecule has 0 saturated carbocycles. The minimum atomic E-state index is -2.91. The second-order valence-electron chi connectivity index (χ2n) is 4.90. The van der Waals surface area contributed by atoms with Gasteiger partial charge in [-0.25, -0.2) is 0 Å². The van der Waals surface area contributed by atoms with Crippen LogP contribution in [0.4, 0.5) is 8.78 Å². The molecular weight excluding hydrogens is 308 g/mol. The Morgan fingerprint density at radius 3 is 2.70 bits per heavy atom. The van der Waals surface area contributed by atoms with Crippen LogP contribution in [0.15, 0.2) is 17.1 Å². The highest BCUT2D eigenvalue weighted by atomic mass is 19.3. The number of halogens is 2. The van der Waals surface area contributed by atoms with Crippen molar-refractivity contribution in [1.82, 2.24) is 10.6 Å². The van der Waals surface area contributed by atoms with Gasteiger partial charge in [-0.2, -0.15) is 8.78 Å². The minimum Gasteiger partial charge on any atom is -0.454 e. The molecule has 0 atom stereocenters. The smallest absolute Gasteiger partial charge is 0.387 e. The van der Waals surface area contributed by atoms with E-state index in [0.717, 1.165) is 19.4 Å². The summed E-state index contributed by atoms with van der Waals surface area (Å²) in [6.07, 6.45) is 2.09. The molecule has 1 aromatic rings. The van der Waals surface area contributed by atoms with Crippen molar-refractivity contribution in [2.24, 2.45) is 4.99 Å². The number of alkyl halides is 2. The van der Waals surface area contributed by atoms with Gasteiger partial charge in [-0.1, -0.05) is 13.3 Å². The summed E-state index contributed by atoms with van der Waals surface area (Å²) in [7, 11) is 1.65. The average Bonchev–Trinajstić information content (AvgIpc) is 2.97. The molecule has 0 amide bonds. The third kappa shape index (κ3) is 4.87. The SMILES string of the molecule is CCCCNC(=NC)NCc1cc2c(cc1OC(F)F)OCO2. The van der Waals surface area contributed by atoms with E-state index in [0.29, 0.717) is 23.0 Å². The molecule has 0 spiro atoms. The first kappa shape index (κ1) is 17.1. The molecule has 23 heavy (non-hydrogen) atoms. The van der Waals surface area contributed by atoms with Crippen LogP contribution in [0.1, 0.15) is 25.3 Å². The van der Waals surface area contributed by atoms with Crippen LogP contribution in [0, 0.1) is 0 Å². The Morgan fingerprint density at radius 2 is 2.04 bits per heavy atom. The number of unbranched alkanes of at least 4 members (excludes halogenated alkanes) is 1. The van der Waals surface area contributed by atoms with Crippen molar-refractivity contribution < 1.29 is 23.0 Å². The van der Waals surface area contributed by atoms with Crippen molar-refractivity contribution in [3.05, 3.63) is 17.7 Å². The predicted molar refractivity (Wildman–Crippen MR) is 82.3 cm³/mol. The number of ether oxygens (including phenoxy) is 3. The van der Waals surface area contributed by atoms with Crippen LogP contribution < -0.4 is 24.8 Å². The number of fused-ring (bicyclic) bond motifs is 1. The number of guanidine groups is 1. The van der Waals surface area contributed by atoms with Gasteiger partial charge in [0.15, 0.2) is 17.5 Å². The van der Waals surface area contributed by atoms with Gasteiger partial charge < -0.3 is 24.8 Å². The Hall–Kier alpha value is -2.25. The molecule has 1 aromatic carbocycles. The zero-order valence-electron chi connectivity index (χ0n) is 13.2. The van der Waals surface area contributed by atoms with E-state index in [2.05, 4.69) is 27.3 Å². The lowest BCUT2D eigenvalue weighted by Gasteiger charge is -2.15. The molecule has 0 aliphatic carbocycles. The second-order valence-corrected chi connectivity index (χ2v) is 4.90. The van der Waals surface area contributed by atoms with Crippen molar-refractivity contribution in [3.63, 3.8) is 0 Å². The lowest BCUT2D eigenvalue weighted by molar-refractivity contribution is -0.0505. The number of hydrogen-bond acceptors (Lipinski definition) is 4. The van der Waals surface area contributed by atoms with Gasteiger partial charge in [0.2, 0.25) is 6.79 Å². The maximum absolute atomic E-state index is 12.6. The van der Waals surface area contributed by atoms with E-state index < -0.39 is 6.61 Å². The molecule has 0 bridgehead atoms. The molecule has 1 aliphatic rings. The minimum absolute atomic E-state index is 0.0563. The van der Waals surface area contributed by atoms with Crippen molar-refractivity contribution in [2.75, 3.05) is 20.4 Å². The van der Waals surface area contributed by atoms with E-state index in [9.17, 15) is 8.78 Å². The fourth-order valence-electron chi connectivity index (χ4n) is 2.09.